The first-order chi connectivity index (χ1) is 11.2. The average Bonchev–Trinajstić information content (AvgIpc) is 2.86. The molecule has 3 rings (SSSR count). The van der Waals surface area contributed by atoms with E-state index in [-0.39, 0.29) is 5.78 Å². The summed E-state index contributed by atoms with van der Waals surface area (Å²) < 4.78 is 16.5. The highest BCUT2D eigenvalue weighted by atomic mass is 16.5. The molecule has 1 heterocycles. The molecule has 0 aliphatic carbocycles. The van der Waals surface area contributed by atoms with Gasteiger partial charge in [-0.05, 0) is 49.8 Å². The summed E-state index contributed by atoms with van der Waals surface area (Å²) in [5.74, 6) is 2.24. The smallest absolute Gasteiger partial charge is 0.231 e. The van der Waals surface area contributed by atoms with Crippen LogP contribution in [0.1, 0.15) is 29.8 Å². The van der Waals surface area contributed by atoms with Crippen molar-refractivity contribution in [3.05, 3.63) is 59.4 Å². The molecular formula is C19H18O4. The minimum Gasteiger partial charge on any atom is -0.494 e. The first-order valence-corrected chi connectivity index (χ1v) is 7.65. The van der Waals surface area contributed by atoms with E-state index >= 15 is 0 Å². The van der Waals surface area contributed by atoms with Crippen LogP contribution in [0.5, 0.6) is 17.2 Å². The summed E-state index contributed by atoms with van der Waals surface area (Å²) >= 11 is 0. The predicted molar refractivity (Wildman–Crippen MR) is 88.2 cm³/mol. The summed E-state index contributed by atoms with van der Waals surface area (Å²) in [5.41, 5.74) is 1.44. The van der Waals surface area contributed by atoms with Gasteiger partial charge in [-0.15, -0.1) is 0 Å². The zero-order valence-corrected chi connectivity index (χ0v) is 13.2. The molecule has 2 aromatic carbocycles. The fourth-order valence-electron chi connectivity index (χ4n) is 2.40. The minimum absolute atomic E-state index is 0.114. The maximum Gasteiger partial charge on any atom is 0.231 e. The van der Waals surface area contributed by atoms with Gasteiger partial charge in [0.05, 0.1) is 18.8 Å². The molecule has 0 amide bonds. The van der Waals surface area contributed by atoms with Crippen molar-refractivity contribution in [1.82, 2.24) is 0 Å². The Kier molecular flexibility index (Phi) is 4.33. The van der Waals surface area contributed by atoms with E-state index in [9.17, 15) is 4.79 Å². The molecule has 2 aromatic rings. The Labute approximate surface area is 135 Å². The van der Waals surface area contributed by atoms with Gasteiger partial charge in [0.1, 0.15) is 17.2 Å². The summed E-state index contributed by atoms with van der Waals surface area (Å²) in [6, 6.07) is 12.8. The molecular weight excluding hydrogens is 292 g/mol. The lowest BCUT2D eigenvalue weighted by atomic mass is 10.1. The number of fused-ring (bicyclic) bond motifs is 1. The maximum absolute atomic E-state index is 12.4. The van der Waals surface area contributed by atoms with Crippen molar-refractivity contribution < 1.29 is 19.0 Å². The van der Waals surface area contributed by atoms with Gasteiger partial charge in [-0.25, -0.2) is 0 Å². The van der Waals surface area contributed by atoms with Crippen molar-refractivity contribution in [1.29, 1.82) is 0 Å². The molecule has 0 fully saturated rings. The Morgan fingerprint density at radius 2 is 1.61 bits per heavy atom. The van der Waals surface area contributed by atoms with Crippen LogP contribution in [0.25, 0.3) is 6.08 Å². The molecule has 0 N–H and O–H groups in total. The molecule has 4 nitrogen and oxygen atoms in total. The van der Waals surface area contributed by atoms with Gasteiger partial charge in [0.15, 0.2) is 5.76 Å². The van der Waals surface area contributed by atoms with Gasteiger partial charge in [0, 0.05) is 6.07 Å². The highest BCUT2D eigenvalue weighted by Crippen LogP contribution is 2.34. The van der Waals surface area contributed by atoms with E-state index in [1.807, 2.05) is 38.1 Å². The lowest BCUT2D eigenvalue weighted by Gasteiger charge is -2.04. The maximum atomic E-state index is 12.4. The second-order valence-electron chi connectivity index (χ2n) is 5.03. The Balaban J connectivity index is 1.83. The first-order valence-electron chi connectivity index (χ1n) is 7.65. The fraction of sp³-hybridized carbons (Fsp3) is 0.211. The first kappa shape index (κ1) is 15.2. The number of carbonyl (C=O) groups excluding carboxylic acids is 1. The van der Waals surface area contributed by atoms with Gasteiger partial charge < -0.3 is 14.2 Å². The Morgan fingerprint density at radius 1 is 0.957 bits per heavy atom. The number of rotatable bonds is 5. The van der Waals surface area contributed by atoms with Gasteiger partial charge in [0.25, 0.3) is 0 Å². The second kappa shape index (κ2) is 6.57. The van der Waals surface area contributed by atoms with Crippen LogP contribution in [-0.4, -0.2) is 19.0 Å². The normalized spacial score (nSPS) is 14.5. The largest absolute Gasteiger partial charge is 0.494 e. The highest BCUT2D eigenvalue weighted by molar-refractivity contribution is 6.14. The molecule has 0 saturated carbocycles. The fourth-order valence-corrected chi connectivity index (χ4v) is 2.40. The van der Waals surface area contributed by atoms with E-state index in [4.69, 9.17) is 14.2 Å². The molecule has 0 bridgehead atoms. The number of Topliss-reactive ketones (excluding diaryl/α,β-unsaturated/α-hetero) is 1. The summed E-state index contributed by atoms with van der Waals surface area (Å²) in [6.07, 6.45) is 1.73. The number of allylic oxidation sites excluding steroid dienone is 1. The van der Waals surface area contributed by atoms with Crippen LogP contribution in [0.3, 0.4) is 0 Å². The van der Waals surface area contributed by atoms with Crippen LogP contribution in [0, 0.1) is 0 Å². The minimum atomic E-state index is -0.114. The standard InChI is InChI=1S/C19H18O4/c1-3-21-14-7-5-13(6-8-14)11-18-19(20)16-10-9-15(22-4-2)12-17(16)23-18/h5-12H,3-4H2,1-2H3/b18-11-. The van der Waals surface area contributed by atoms with E-state index in [1.165, 1.54) is 0 Å². The topological polar surface area (TPSA) is 44.8 Å². The van der Waals surface area contributed by atoms with E-state index in [1.54, 1.807) is 24.3 Å². The van der Waals surface area contributed by atoms with E-state index in [0.717, 1.165) is 11.3 Å². The quantitative estimate of drug-likeness (QED) is 0.780. The van der Waals surface area contributed by atoms with Crippen molar-refractivity contribution in [3.63, 3.8) is 0 Å². The molecule has 1 aliphatic heterocycles. The van der Waals surface area contributed by atoms with Gasteiger partial charge >= 0.3 is 0 Å². The van der Waals surface area contributed by atoms with Crippen molar-refractivity contribution in [2.75, 3.05) is 13.2 Å². The molecule has 0 radical (unpaired) electrons. The summed E-state index contributed by atoms with van der Waals surface area (Å²) in [4.78, 5) is 12.4. The lowest BCUT2D eigenvalue weighted by molar-refractivity contribution is 0.101. The average molecular weight is 310 g/mol. The zero-order chi connectivity index (χ0) is 16.2. The number of hydrogen-bond donors (Lipinski definition) is 0. The summed E-state index contributed by atoms with van der Waals surface area (Å²) in [6.45, 7) is 5.05. The number of benzene rings is 2. The van der Waals surface area contributed by atoms with Crippen LogP contribution < -0.4 is 14.2 Å². The van der Waals surface area contributed by atoms with Crippen LogP contribution >= 0.6 is 0 Å². The predicted octanol–water partition coefficient (Wildman–Crippen LogP) is 4.10. The van der Waals surface area contributed by atoms with E-state index in [0.29, 0.717) is 36.0 Å². The molecule has 0 unspecified atom stereocenters. The Bertz CT molecular complexity index is 744. The molecule has 1 aliphatic rings. The number of hydrogen-bond acceptors (Lipinski definition) is 4. The van der Waals surface area contributed by atoms with Gasteiger partial charge in [0.2, 0.25) is 5.78 Å². The lowest BCUT2D eigenvalue weighted by Crippen LogP contribution is -1.98. The van der Waals surface area contributed by atoms with Gasteiger partial charge in [-0.2, -0.15) is 0 Å². The van der Waals surface area contributed by atoms with E-state index < -0.39 is 0 Å². The van der Waals surface area contributed by atoms with Crippen molar-refractivity contribution >= 4 is 11.9 Å². The SMILES string of the molecule is CCOc1ccc(/C=C2\Oc3cc(OCC)ccc3C2=O)cc1. The van der Waals surface area contributed by atoms with Crippen LogP contribution in [0.4, 0.5) is 0 Å². The van der Waals surface area contributed by atoms with Crippen LogP contribution in [0.2, 0.25) is 0 Å². The van der Waals surface area contributed by atoms with Crippen molar-refractivity contribution in [3.8, 4) is 17.2 Å². The molecule has 0 atom stereocenters. The second-order valence-corrected chi connectivity index (χ2v) is 5.03. The third kappa shape index (κ3) is 3.21. The summed E-state index contributed by atoms with van der Waals surface area (Å²) in [7, 11) is 0. The van der Waals surface area contributed by atoms with Crippen molar-refractivity contribution in [2.24, 2.45) is 0 Å². The molecule has 23 heavy (non-hydrogen) atoms. The van der Waals surface area contributed by atoms with Crippen LogP contribution in [0.15, 0.2) is 48.2 Å². The van der Waals surface area contributed by atoms with Gasteiger partial charge in [-0.3, -0.25) is 4.79 Å². The molecule has 0 saturated heterocycles. The van der Waals surface area contributed by atoms with E-state index in [2.05, 4.69) is 0 Å². The molecule has 0 spiro atoms. The Morgan fingerprint density at radius 3 is 2.30 bits per heavy atom. The number of ketones is 1. The molecule has 0 aromatic heterocycles. The zero-order valence-electron chi connectivity index (χ0n) is 13.2. The Hall–Kier alpha value is -2.75. The summed E-state index contributed by atoms with van der Waals surface area (Å²) in [5, 5.41) is 0. The number of ether oxygens (including phenoxy) is 3. The third-order valence-corrected chi connectivity index (χ3v) is 3.44. The van der Waals surface area contributed by atoms with Gasteiger partial charge in [-0.1, -0.05) is 12.1 Å². The highest BCUT2D eigenvalue weighted by Gasteiger charge is 2.27. The number of carbonyl (C=O) groups is 1. The molecule has 4 heteroatoms. The monoisotopic (exact) mass is 310 g/mol. The molecule has 118 valence electrons. The van der Waals surface area contributed by atoms with Crippen molar-refractivity contribution in [2.45, 2.75) is 13.8 Å². The third-order valence-electron chi connectivity index (χ3n) is 3.44. The van der Waals surface area contributed by atoms with Crippen LogP contribution in [-0.2, 0) is 0 Å².